The minimum absolute atomic E-state index is 0.0782. The quantitative estimate of drug-likeness (QED) is 0.695. The highest BCUT2D eigenvalue weighted by Gasteiger charge is 2.56. The number of carbonyl (C=O) groups is 1. The number of rotatable bonds is 6. The highest BCUT2D eigenvalue weighted by atomic mass is 16.5. The lowest BCUT2D eigenvalue weighted by Gasteiger charge is -2.52. The lowest BCUT2D eigenvalue weighted by atomic mass is 9.51. The van der Waals surface area contributed by atoms with Crippen molar-refractivity contribution in [3.63, 3.8) is 0 Å². The van der Waals surface area contributed by atoms with E-state index in [9.17, 15) is 4.79 Å². The molecule has 0 aliphatic rings. The van der Waals surface area contributed by atoms with Gasteiger partial charge in [0.25, 0.3) is 0 Å². The van der Waals surface area contributed by atoms with E-state index in [1.165, 1.54) is 0 Å². The van der Waals surface area contributed by atoms with E-state index in [0.29, 0.717) is 12.5 Å². The third-order valence-corrected chi connectivity index (χ3v) is 5.41. The molecule has 0 rings (SSSR count). The van der Waals surface area contributed by atoms with Gasteiger partial charge in [0.1, 0.15) is 6.61 Å². The molecule has 20 heavy (non-hydrogen) atoms. The minimum atomic E-state index is -0.527. The Bertz CT molecular complexity index is 326. The van der Waals surface area contributed by atoms with Crippen LogP contribution in [0.25, 0.3) is 0 Å². The van der Waals surface area contributed by atoms with Crippen LogP contribution in [-0.2, 0) is 9.53 Å². The molecule has 0 N–H and O–H groups in total. The molecule has 0 saturated carbocycles. The lowest BCUT2D eigenvalue weighted by Crippen LogP contribution is -2.54. The van der Waals surface area contributed by atoms with Crippen LogP contribution in [0.1, 0.15) is 55.4 Å². The summed E-state index contributed by atoms with van der Waals surface area (Å²) >= 11 is 0. The van der Waals surface area contributed by atoms with E-state index in [0.717, 1.165) is 6.54 Å². The second kappa shape index (κ2) is 6.46. The van der Waals surface area contributed by atoms with E-state index in [1.54, 1.807) is 0 Å². The third kappa shape index (κ3) is 3.75. The predicted octanol–water partition coefficient (Wildman–Crippen LogP) is 3.83. The Balaban J connectivity index is 5.32. The Morgan fingerprint density at radius 3 is 1.80 bits per heavy atom. The van der Waals surface area contributed by atoms with Crippen molar-refractivity contribution < 1.29 is 9.53 Å². The van der Waals surface area contributed by atoms with Gasteiger partial charge in [-0.15, -0.1) is 0 Å². The summed E-state index contributed by atoms with van der Waals surface area (Å²) in [5.41, 5.74) is -0.823. The number of ether oxygens (including phenoxy) is 1. The zero-order chi connectivity index (χ0) is 16.4. The van der Waals surface area contributed by atoms with Gasteiger partial charge in [0.2, 0.25) is 0 Å². The van der Waals surface area contributed by atoms with Gasteiger partial charge in [-0.25, -0.2) is 0 Å². The van der Waals surface area contributed by atoms with Crippen molar-refractivity contribution in [1.82, 2.24) is 4.90 Å². The first kappa shape index (κ1) is 19.4. The van der Waals surface area contributed by atoms with Crippen LogP contribution in [0.2, 0.25) is 0 Å². The molecule has 0 fully saturated rings. The van der Waals surface area contributed by atoms with Crippen LogP contribution < -0.4 is 0 Å². The molecule has 0 aromatic heterocycles. The molecule has 0 radical (unpaired) electrons. The largest absolute Gasteiger partial charge is 0.464 e. The monoisotopic (exact) mass is 285 g/mol. The van der Waals surface area contributed by atoms with Crippen LogP contribution in [0.15, 0.2) is 0 Å². The summed E-state index contributed by atoms with van der Waals surface area (Å²) in [5.74, 6) is 0.318. The van der Waals surface area contributed by atoms with Crippen molar-refractivity contribution in [2.45, 2.75) is 55.4 Å². The Hall–Kier alpha value is -0.570. The Kier molecular flexibility index (Phi) is 6.28. The van der Waals surface area contributed by atoms with E-state index < -0.39 is 5.41 Å². The molecular formula is C17H35NO2. The van der Waals surface area contributed by atoms with Gasteiger partial charge in [0.05, 0.1) is 5.41 Å². The normalized spacial score (nSPS) is 16.4. The number of hydrogen-bond acceptors (Lipinski definition) is 3. The second-order valence-electron chi connectivity index (χ2n) is 8.19. The summed E-state index contributed by atoms with van der Waals surface area (Å²) in [4.78, 5) is 14.8. The van der Waals surface area contributed by atoms with E-state index in [1.807, 2.05) is 19.0 Å². The summed E-state index contributed by atoms with van der Waals surface area (Å²) in [7, 11) is 3.96. The molecule has 0 spiro atoms. The number of esters is 1. The average molecular weight is 285 g/mol. The molecule has 0 aromatic rings. The fraction of sp³-hybridized carbons (Fsp3) is 0.941. The van der Waals surface area contributed by atoms with Crippen LogP contribution in [0.5, 0.6) is 0 Å². The Morgan fingerprint density at radius 1 is 1.05 bits per heavy atom. The number of hydrogen-bond donors (Lipinski definition) is 0. The van der Waals surface area contributed by atoms with Gasteiger partial charge >= 0.3 is 5.97 Å². The maximum atomic E-state index is 12.8. The molecule has 0 bridgehead atoms. The molecule has 0 aromatic carbocycles. The molecule has 1 unspecified atom stereocenters. The maximum Gasteiger partial charge on any atom is 0.312 e. The molecule has 0 aliphatic carbocycles. The summed E-state index contributed by atoms with van der Waals surface area (Å²) in [6, 6.07) is 0. The van der Waals surface area contributed by atoms with Gasteiger partial charge in [-0.2, -0.15) is 0 Å². The predicted molar refractivity (Wildman–Crippen MR) is 85.7 cm³/mol. The Morgan fingerprint density at radius 2 is 1.50 bits per heavy atom. The number of nitrogens with zero attached hydrogens (tertiary/aromatic N) is 1. The minimum Gasteiger partial charge on any atom is -0.464 e. The molecule has 3 heteroatoms. The molecule has 0 heterocycles. The molecule has 1 atom stereocenters. The van der Waals surface area contributed by atoms with Crippen molar-refractivity contribution in [3.8, 4) is 0 Å². The standard InChI is InChI=1S/C17H35NO2/c1-13(2)16(6,7)17(8,15(3,4)5)14(19)20-12-11-18(9)10/h13H,11-12H2,1-10H3. The fourth-order valence-corrected chi connectivity index (χ4v) is 2.58. The Labute approximate surface area is 126 Å². The van der Waals surface area contributed by atoms with Gasteiger partial charge in [-0.1, -0.05) is 48.5 Å². The first-order valence-electron chi connectivity index (χ1n) is 7.60. The molecule has 0 saturated heterocycles. The van der Waals surface area contributed by atoms with Gasteiger partial charge < -0.3 is 9.64 Å². The van der Waals surface area contributed by atoms with Gasteiger partial charge in [0.15, 0.2) is 0 Å². The van der Waals surface area contributed by atoms with Crippen molar-refractivity contribution in [2.75, 3.05) is 27.2 Å². The molecule has 120 valence electrons. The van der Waals surface area contributed by atoms with Crippen LogP contribution in [0, 0.1) is 22.2 Å². The van der Waals surface area contributed by atoms with E-state index in [4.69, 9.17) is 4.74 Å². The number of likely N-dealkylation sites (N-methyl/N-ethyl adjacent to an activating group) is 1. The van der Waals surface area contributed by atoms with Crippen molar-refractivity contribution >= 4 is 5.97 Å². The summed E-state index contributed by atoms with van der Waals surface area (Å²) in [5, 5.41) is 0. The molecule has 3 nitrogen and oxygen atoms in total. The molecule has 0 amide bonds. The van der Waals surface area contributed by atoms with Crippen LogP contribution >= 0.6 is 0 Å². The highest BCUT2D eigenvalue weighted by Crippen LogP contribution is 2.55. The summed E-state index contributed by atoms with van der Waals surface area (Å²) in [6.45, 7) is 18.4. The van der Waals surface area contributed by atoms with Crippen molar-refractivity contribution in [3.05, 3.63) is 0 Å². The zero-order valence-corrected chi connectivity index (χ0v) is 15.3. The van der Waals surface area contributed by atoms with Crippen LogP contribution in [0.3, 0.4) is 0 Å². The highest BCUT2D eigenvalue weighted by molar-refractivity contribution is 5.78. The van der Waals surface area contributed by atoms with Crippen molar-refractivity contribution in [1.29, 1.82) is 0 Å². The second-order valence-corrected chi connectivity index (χ2v) is 8.19. The van der Waals surface area contributed by atoms with Crippen molar-refractivity contribution in [2.24, 2.45) is 22.2 Å². The SMILES string of the molecule is CC(C)C(C)(C)C(C)(C(=O)OCCN(C)C)C(C)(C)C. The van der Waals surface area contributed by atoms with Gasteiger partial charge in [0, 0.05) is 6.54 Å². The zero-order valence-electron chi connectivity index (χ0n) is 15.3. The lowest BCUT2D eigenvalue weighted by molar-refractivity contribution is -0.178. The van der Waals surface area contributed by atoms with Crippen LogP contribution in [-0.4, -0.2) is 38.1 Å². The van der Waals surface area contributed by atoms with Crippen LogP contribution in [0.4, 0.5) is 0 Å². The molecule has 0 aliphatic heterocycles. The first-order valence-corrected chi connectivity index (χ1v) is 7.60. The summed E-state index contributed by atoms with van der Waals surface area (Å²) < 4.78 is 5.60. The van der Waals surface area contributed by atoms with E-state index >= 15 is 0 Å². The van der Waals surface area contributed by atoms with E-state index in [-0.39, 0.29) is 16.8 Å². The molecular weight excluding hydrogens is 250 g/mol. The van der Waals surface area contributed by atoms with Gasteiger partial charge in [-0.05, 0) is 37.8 Å². The smallest absolute Gasteiger partial charge is 0.312 e. The van der Waals surface area contributed by atoms with Gasteiger partial charge in [-0.3, -0.25) is 4.79 Å². The average Bonchev–Trinajstić information content (AvgIpc) is 2.24. The first-order chi connectivity index (χ1) is 8.78. The van der Waals surface area contributed by atoms with E-state index in [2.05, 4.69) is 55.4 Å². The topological polar surface area (TPSA) is 29.5 Å². The fourth-order valence-electron chi connectivity index (χ4n) is 2.58. The number of carbonyl (C=O) groups excluding carboxylic acids is 1. The third-order valence-electron chi connectivity index (χ3n) is 5.41. The summed E-state index contributed by atoms with van der Waals surface area (Å²) in [6.07, 6.45) is 0. The maximum absolute atomic E-state index is 12.8.